The summed E-state index contributed by atoms with van der Waals surface area (Å²) in [6.45, 7) is 19.3. The minimum Gasteiger partial charge on any atom is -0.349 e. The van der Waals surface area contributed by atoms with Crippen LogP contribution in [0.2, 0.25) is 5.02 Å². The van der Waals surface area contributed by atoms with Gasteiger partial charge < -0.3 is 9.80 Å². The Morgan fingerprint density at radius 3 is 2.27 bits per heavy atom. The molecule has 0 spiro atoms. The van der Waals surface area contributed by atoms with E-state index in [4.69, 9.17) is 31.5 Å². The summed E-state index contributed by atoms with van der Waals surface area (Å²) >= 11 is 6.92. The van der Waals surface area contributed by atoms with E-state index in [1.54, 1.807) is 29.2 Å². The molecule has 0 bridgehead atoms. The highest BCUT2D eigenvalue weighted by Gasteiger charge is 2.34. The van der Waals surface area contributed by atoms with E-state index >= 15 is 4.39 Å². The average molecular weight is 687 g/mol. The lowest BCUT2D eigenvalue weighted by molar-refractivity contribution is -0.128. The summed E-state index contributed by atoms with van der Waals surface area (Å²) in [4.78, 5) is 53.2. The number of likely N-dealkylation sites (tertiary alicyclic amines) is 1. The first-order valence-corrected chi connectivity index (χ1v) is 17.5. The summed E-state index contributed by atoms with van der Waals surface area (Å²) in [5.74, 6) is 0.359. The second-order valence-electron chi connectivity index (χ2n) is 13.8. The lowest BCUT2D eigenvalue weighted by Crippen LogP contribution is -2.58. The maximum absolute atomic E-state index is 15.3. The number of anilines is 1. The number of hydrogen-bond acceptors (Lipinski definition) is 8. The van der Waals surface area contributed by atoms with Gasteiger partial charge in [-0.1, -0.05) is 58.0 Å². The van der Waals surface area contributed by atoms with Gasteiger partial charge in [0.25, 0.3) is 0 Å². The molecular formula is C37H44ClFN8O2. The zero-order valence-electron chi connectivity index (χ0n) is 29.1. The van der Waals surface area contributed by atoms with E-state index in [9.17, 15) is 9.59 Å². The quantitative estimate of drug-likeness (QED) is 0.194. The number of aromatic nitrogens is 5. The van der Waals surface area contributed by atoms with Crippen molar-refractivity contribution in [3.8, 4) is 16.9 Å². The maximum atomic E-state index is 15.3. The molecule has 0 saturated carbocycles. The molecule has 12 heteroatoms. The number of pyridine rings is 1. The van der Waals surface area contributed by atoms with Gasteiger partial charge in [0.2, 0.25) is 5.91 Å². The number of benzene rings is 1. The van der Waals surface area contributed by atoms with E-state index in [-0.39, 0.29) is 51.8 Å². The fourth-order valence-corrected chi connectivity index (χ4v) is 7.25. The van der Waals surface area contributed by atoms with Gasteiger partial charge >= 0.3 is 5.69 Å². The number of hydrogen-bond donors (Lipinski definition) is 0. The fraction of sp³-hybridized carbons (Fsp3) is 0.459. The van der Waals surface area contributed by atoms with Gasteiger partial charge in [-0.05, 0) is 75.9 Å². The molecule has 2 aliphatic heterocycles. The molecule has 0 radical (unpaired) electrons. The van der Waals surface area contributed by atoms with Gasteiger partial charge in [0, 0.05) is 30.7 Å². The molecular weight excluding hydrogens is 643 g/mol. The number of rotatable bonds is 8. The molecule has 2 fully saturated rings. The molecule has 0 unspecified atom stereocenters. The summed E-state index contributed by atoms with van der Waals surface area (Å²) in [5.41, 5.74) is 2.13. The van der Waals surface area contributed by atoms with Gasteiger partial charge in [-0.3, -0.25) is 9.69 Å². The van der Waals surface area contributed by atoms with Crippen LogP contribution in [0.15, 0.2) is 47.8 Å². The Kier molecular flexibility index (Phi) is 9.86. The minimum absolute atomic E-state index is 0.0656. The molecule has 10 nitrogen and oxygen atoms in total. The van der Waals surface area contributed by atoms with Crippen LogP contribution in [0.1, 0.15) is 83.4 Å². The van der Waals surface area contributed by atoms with Crippen LogP contribution in [0, 0.1) is 5.82 Å². The van der Waals surface area contributed by atoms with Gasteiger partial charge in [-0.2, -0.15) is 4.98 Å². The molecule has 1 aromatic carbocycles. The smallest absolute Gasteiger partial charge is 0.349 e. The Labute approximate surface area is 291 Å². The molecule has 5 heterocycles. The molecule has 2 atom stereocenters. The number of amides is 1. The van der Waals surface area contributed by atoms with Gasteiger partial charge in [-0.25, -0.2) is 28.7 Å². The first-order chi connectivity index (χ1) is 23.4. The molecule has 0 aliphatic carbocycles. The molecule has 2 aliphatic rings. The number of piperazine rings is 1. The Hall–Kier alpha value is -4.22. The third-order valence-corrected chi connectivity index (χ3v) is 9.80. The first-order valence-electron chi connectivity index (χ1n) is 17.1. The van der Waals surface area contributed by atoms with E-state index < -0.39 is 11.5 Å². The molecule has 6 rings (SSSR count). The zero-order chi connectivity index (χ0) is 35.1. The van der Waals surface area contributed by atoms with Crippen molar-refractivity contribution >= 4 is 34.4 Å². The molecule has 4 aromatic rings. The molecule has 3 aromatic heterocycles. The summed E-state index contributed by atoms with van der Waals surface area (Å²) in [5, 5.41) is 0.746. The second-order valence-corrected chi connectivity index (χ2v) is 14.2. The zero-order valence-corrected chi connectivity index (χ0v) is 29.8. The molecule has 49 heavy (non-hydrogen) atoms. The Morgan fingerprint density at radius 2 is 1.65 bits per heavy atom. The van der Waals surface area contributed by atoms with Crippen molar-refractivity contribution in [2.75, 3.05) is 31.1 Å². The lowest BCUT2D eigenvalue weighted by atomic mass is 10.0. The van der Waals surface area contributed by atoms with Crippen LogP contribution >= 0.6 is 11.6 Å². The van der Waals surface area contributed by atoms with Gasteiger partial charge in [0.05, 0.1) is 39.7 Å². The maximum Gasteiger partial charge on any atom is 0.355 e. The Balaban J connectivity index is 1.64. The number of carbonyl (C=O) groups is 1. The van der Waals surface area contributed by atoms with Crippen LogP contribution in [-0.4, -0.2) is 78.5 Å². The van der Waals surface area contributed by atoms with Crippen molar-refractivity contribution in [1.29, 1.82) is 0 Å². The van der Waals surface area contributed by atoms with Gasteiger partial charge in [-0.15, -0.1) is 0 Å². The van der Waals surface area contributed by atoms with Gasteiger partial charge in [0.1, 0.15) is 17.5 Å². The molecule has 2 saturated heterocycles. The standard InChI is InChI=1S/C37H44ClFN8O2/c1-8-30(48)45-18-24(7)46(19-23(45)6)35-26-17-27(38)33(25-13-9-10-14-28(25)39)42-36(26)47(37(49)43-35)34-31(21(2)3)40-29(41-32(34)22(4)5)20-44-15-11-12-16-44/h8-10,13-14,17,21-24H,1,11-12,15-16,18-20H2,2-7H3/t23-,24+/m1/s1. The monoisotopic (exact) mass is 686 g/mol. The van der Waals surface area contributed by atoms with Crippen molar-refractivity contribution in [2.45, 2.75) is 84.8 Å². The van der Waals surface area contributed by atoms with E-state index in [0.29, 0.717) is 47.9 Å². The Bertz CT molecular complexity index is 1940. The number of fused-ring (bicyclic) bond motifs is 1. The highest BCUT2D eigenvalue weighted by molar-refractivity contribution is 6.33. The van der Waals surface area contributed by atoms with E-state index in [0.717, 1.165) is 31.8 Å². The third kappa shape index (κ3) is 6.58. The average Bonchev–Trinajstić information content (AvgIpc) is 3.58. The predicted octanol–water partition coefficient (Wildman–Crippen LogP) is 6.48. The van der Waals surface area contributed by atoms with Crippen LogP contribution < -0.4 is 10.6 Å². The van der Waals surface area contributed by atoms with Crippen LogP contribution in [-0.2, 0) is 11.3 Å². The summed E-state index contributed by atoms with van der Waals surface area (Å²) in [6, 6.07) is 7.65. The third-order valence-electron chi connectivity index (χ3n) is 9.51. The van der Waals surface area contributed by atoms with Crippen LogP contribution in [0.25, 0.3) is 28.0 Å². The predicted molar refractivity (Wildman–Crippen MR) is 192 cm³/mol. The second kappa shape index (κ2) is 14.0. The van der Waals surface area contributed by atoms with Crippen molar-refractivity contribution in [2.24, 2.45) is 0 Å². The highest BCUT2D eigenvalue weighted by Crippen LogP contribution is 2.37. The normalized spacial score (nSPS) is 18.7. The summed E-state index contributed by atoms with van der Waals surface area (Å²) in [7, 11) is 0. The van der Waals surface area contributed by atoms with Crippen molar-refractivity contribution in [3.05, 3.63) is 81.5 Å². The van der Waals surface area contributed by atoms with Crippen LogP contribution in [0.4, 0.5) is 10.2 Å². The number of nitrogens with zero attached hydrogens (tertiary/aromatic N) is 8. The Morgan fingerprint density at radius 1 is 1.00 bits per heavy atom. The van der Waals surface area contributed by atoms with Crippen LogP contribution in [0.5, 0.6) is 0 Å². The largest absolute Gasteiger partial charge is 0.355 e. The summed E-state index contributed by atoms with van der Waals surface area (Å²) in [6.07, 6.45) is 3.63. The van der Waals surface area contributed by atoms with Crippen LogP contribution in [0.3, 0.4) is 0 Å². The highest BCUT2D eigenvalue weighted by atomic mass is 35.5. The molecule has 0 N–H and O–H groups in total. The number of halogens is 2. The fourth-order valence-electron chi connectivity index (χ4n) is 7.00. The topological polar surface area (TPSA) is 100 Å². The van der Waals surface area contributed by atoms with E-state index in [2.05, 4.69) is 11.5 Å². The van der Waals surface area contributed by atoms with Gasteiger partial charge in [0.15, 0.2) is 5.65 Å². The van der Waals surface area contributed by atoms with Crippen molar-refractivity contribution in [1.82, 2.24) is 34.3 Å². The number of carbonyl (C=O) groups excluding carboxylic acids is 1. The summed E-state index contributed by atoms with van der Waals surface area (Å²) < 4.78 is 16.7. The molecule has 258 valence electrons. The lowest BCUT2D eigenvalue weighted by Gasteiger charge is -2.44. The first kappa shape index (κ1) is 34.6. The van der Waals surface area contributed by atoms with E-state index in [1.165, 1.54) is 16.7 Å². The minimum atomic E-state index is -0.555. The van der Waals surface area contributed by atoms with E-state index in [1.807, 2.05) is 46.4 Å². The SMILES string of the molecule is C=CC(=O)N1C[C@H](C)N(c2nc(=O)n(-c3c(C(C)C)nc(CN4CCCC4)nc3C(C)C)c3nc(-c4ccccc4F)c(Cl)cc23)C[C@H]1C. The van der Waals surface area contributed by atoms with Crippen molar-refractivity contribution < 1.29 is 9.18 Å². The molecule has 1 amide bonds. The van der Waals surface area contributed by atoms with Crippen molar-refractivity contribution in [3.63, 3.8) is 0 Å².